The maximum absolute atomic E-state index is 14.0. The van der Waals surface area contributed by atoms with Crippen molar-refractivity contribution in [3.8, 4) is 0 Å². The first-order valence-corrected chi connectivity index (χ1v) is 14.7. The standard InChI is InChI=1S/C36H44N2O4/c1-35(2,3)37-33(41)31-26(17-15-24-11-7-9-13-29(24)31)19-20-28(40)23-27-18-16-25-12-8-10-14-30(25)32(27)34(42)38(21-22-39)36(4,5)6/h7-18,28,39-40H,19-23H2,1-6H3,(H,37,41). The van der Waals surface area contributed by atoms with Crippen LogP contribution in [0.15, 0.2) is 72.8 Å². The van der Waals surface area contributed by atoms with Crippen LogP contribution in [0.3, 0.4) is 0 Å². The molecule has 0 aromatic heterocycles. The average molecular weight is 569 g/mol. The maximum Gasteiger partial charge on any atom is 0.255 e. The molecule has 4 rings (SSSR count). The molecule has 3 N–H and O–H groups in total. The lowest BCUT2D eigenvalue weighted by Gasteiger charge is -2.36. The summed E-state index contributed by atoms with van der Waals surface area (Å²) in [5, 5.41) is 27.8. The van der Waals surface area contributed by atoms with Crippen molar-refractivity contribution in [3.63, 3.8) is 0 Å². The fourth-order valence-corrected chi connectivity index (χ4v) is 5.59. The molecule has 1 unspecified atom stereocenters. The van der Waals surface area contributed by atoms with Crippen LogP contribution in [0.5, 0.6) is 0 Å². The number of aliphatic hydroxyl groups excluding tert-OH is 2. The Bertz CT molecular complexity index is 1580. The van der Waals surface area contributed by atoms with Crippen molar-refractivity contribution in [2.24, 2.45) is 0 Å². The summed E-state index contributed by atoms with van der Waals surface area (Å²) in [4.78, 5) is 29.2. The number of nitrogens with one attached hydrogen (secondary N) is 1. The molecular formula is C36H44N2O4. The molecule has 0 saturated heterocycles. The highest BCUT2D eigenvalue weighted by molar-refractivity contribution is 6.09. The predicted octanol–water partition coefficient (Wildman–Crippen LogP) is 6.29. The van der Waals surface area contributed by atoms with E-state index in [4.69, 9.17) is 0 Å². The topological polar surface area (TPSA) is 89.9 Å². The van der Waals surface area contributed by atoms with E-state index in [1.165, 1.54) is 0 Å². The van der Waals surface area contributed by atoms with Gasteiger partial charge in [-0.25, -0.2) is 0 Å². The zero-order valence-corrected chi connectivity index (χ0v) is 25.7. The second-order valence-corrected chi connectivity index (χ2v) is 13.1. The van der Waals surface area contributed by atoms with Crippen molar-refractivity contribution in [2.45, 2.75) is 78.0 Å². The molecule has 6 nitrogen and oxygen atoms in total. The Morgan fingerprint density at radius 1 is 0.786 bits per heavy atom. The van der Waals surface area contributed by atoms with Gasteiger partial charge in [-0.2, -0.15) is 0 Å². The molecule has 2 amide bonds. The second-order valence-electron chi connectivity index (χ2n) is 13.1. The van der Waals surface area contributed by atoms with Crippen molar-refractivity contribution in [3.05, 3.63) is 95.1 Å². The fraction of sp³-hybridized carbons (Fsp3) is 0.389. The summed E-state index contributed by atoms with van der Waals surface area (Å²) in [7, 11) is 0. The van der Waals surface area contributed by atoms with E-state index < -0.39 is 11.6 Å². The third kappa shape index (κ3) is 7.18. The number of aliphatic hydroxyl groups is 2. The summed E-state index contributed by atoms with van der Waals surface area (Å²) in [5.41, 5.74) is 1.97. The number of β-amino-alcohol motifs (C(OH)–C–C–N with tert-alkyl or cyclic N) is 1. The van der Waals surface area contributed by atoms with Gasteiger partial charge in [-0.15, -0.1) is 0 Å². The average Bonchev–Trinajstić information content (AvgIpc) is 2.92. The van der Waals surface area contributed by atoms with Gasteiger partial charge in [0.15, 0.2) is 0 Å². The van der Waals surface area contributed by atoms with E-state index in [0.29, 0.717) is 30.4 Å². The molecule has 42 heavy (non-hydrogen) atoms. The summed E-state index contributed by atoms with van der Waals surface area (Å²) in [5.74, 6) is -0.288. The zero-order valence-electron chi connectivity index (χ0n) is 25.7. The van der Waals surface area contributed by atoms with Crippen LogP contribution in [-0.4, -0.2) is 57.3 Å². The van der Waals surface area contributed by atoms with E-state index in [0.717, 1.165) is 32.7 Å². The highest BCUT2D eigenvalue weighted by atomic mass is 16.3. The lowest BCUT2D eigenvalue weighted by Crippen LogP contribution is -2.47. The predicted molar refractivity (Wildman–Crippen MR) is 171 cm³/mol. The Labute approximate surface area is 249 Å². The Morgan fingerprint density at radius 2 is 1.33 bits per heavy atom. The van der Waals surface area contributed by atoms with Gasteiger partial charge in [-0.1, -0.05) is 72.8 Å². The Balaban J connectivity index is 1.65. The van der Waals surface area contributed by atoms with Crippen LogP contribution in [0.25, 0.3) is 21.5 Å². The molecule has 0 radical (unpaired) electrons. The molecule has 222 valence electrons. The molecule has 0 fully saturated rings. The second kappa shape index (κ2) is 12.6. The summed E-state index contributed by atoms with van der Waals surface area (Å²) < 4.78 is 0. The molecule has 1 atom stereocenters. The Kier molecular flexibility index (Phi) is 9.39. The van der Waals surface area contributed by atoms with Crippen LogP contribution in [0.2, 0.25) is 0 Å². The third-order valence-corrected chi connectivity index (χ3v) is 7.54. The molecule has 0 aliphatic rings. The van der Waals surface area contributed by atoms with E-state index in [1.807, 2.05) is 114 Å². The fourth-order valence-electron chi connectivity index (χ4n) is 5.59. The molecule has 4 aromatic rings. The van der Waals surface area contributed by atoms with E-state index in [-0.39, 0.29) is 30.5 Å². The van der Waals surface area contributed by atoms with E-state index in [1.54, 1.807) is 4.90 Å². The summed E-state index contributed by atoms with van der Waals surface area (Å²) in [6, 6.07) is 23.5. The Hall–Kier alpha value is -3.74. The van der Waals surface area contributed by atoms with Gasteiger partial charge in [0.05, 0.1) is 23.8 Å². The van der Waals surface area contributed by atoms with Crippen molar-refractivity contribution in [2.75, 3.05) is 13.2 Å². The van der Waals surface area contributed by atoms with E-state index >= 15 is 0 Å². The molecule has 4 aromatic carbocycles. The van der Waals surface area contributed by atoms with Gasteiger partial charge in [-0.3, -0.25) is 9.59 Å². The highest BCUT2D eigenvalue weighted by Crippen LogP contribution is 2.29. The lowest BCUT2D eigenvalue weighted by molar-refractivity contribution is 0.0527. The highest BCUT2D eigenvalue weighted by Gasteiger charge is 2.30. The number of carbonyl (C=O) groups excluding carboxylic acids is 2. The van der Waals surface area contributed by atoms with Gasteiger partial charge in [0.1, 0.15) is 0 Å². The molecule has 0 heterocycles. The van der Waals surface area contributed by atoms with E-state index in [2.05, 4.69) is 5.32 Å². The first kappa shape index (κ1) is 31.2. The number of benzene rings is 4. The molecule has 0 aliphatic heterocycles. The van der Waals surface area contributed by atoms with Gasteiger partial charge in [-0.05, 0) is 93.5 Å². The van der Waals surface area contributed by atoms with Gasteiger partial charge < -0.3 is 20.4 Å². The van der Waals surface area contributed by atoms with Gasteiger partial charge in [0.2, 0.25) is 0 Å². The lowest BCUT2D eigenvalue weighted by atomic mass is 9.90. The van der Waals surface area contributed by atoms with Crippen LogP contribution in [-0.2, 0) is 12.8 Å². The van der Waals surface area contributed by atoms with Crippen LogP contribution >= 0.6 is 0 Å². The normalized spacial score (nSPS) is 12.9. The first-order valence-electron chi connectivity index (χ1n) is 14.7. The molecule has 0 bridgehead atoms. The van der Waals surface area contributed by atoms with Gasteiger partial charge >= 0.3 is 0 Å². The van der Waals surface area contributed by atoms with Crippen LogP contribution < -0.4 is 5.32 Å². The Morgan fingerprint density at radius 3 is 1.88 bits per heavy atom. The number of hydrogen-bond donors (Lipinski definition) is 3. The van der Waals surface area contributed by atoms with Gasteiger partial charge in [0, 0.05) is 17.6 Å². The number of carbonyl (C=O) groups is 2. The number of hydrogen-bond acceptors (Lipinski definition) is 4. The van der Waals surface area contributed by atoms with Crippen molar-refractivity contribution in [1.29, 1.82) is 0 Å². The SMILES string of the molecule is CC(C)(C)NC(=O)c1c(CCC(O)Cc2ccc3ccccc3c2C(=O)N(CCO)C(C)(C)C)ccc2ccccc12. The van der Waals surface area contributed by atoms with Crippen LogP contribution in [0.4, 0.5) is 0 Å². The number of amides is 2. The number of rotatable bonds is 9. The molecule has 0 spiro atoms. The largest absolute Gasteiger partial charge is 0.395 e. The summed E-state index contributed by atoms with van der Waals surface area (Å²) in [6.45, 7) is 11.8. The van der Waals surface area contributed by atoms with E-state index in [9.17, 15) is 19.8 Å². The smallest absolute Gasteiger partial charge is 0.255 e. The minimum Gasteiger partial charge on any atom is -0.395 e. The third-order valence-electron chi connectivity index (χ3n) is 7.54. The van der Waals surface area contributed by atoms with Gasteiger partial charge in [0.25, 0.3) is 11.8 Å². The van der Waals surface area contributed by atoms with Crippen molar-refractivity contribution in [1.82, 2.24) is 10.2 Å². The number of aryl methyl sites for hydroxylation is 1. The minimum absolute atomic E-state index is 0.127. The molecule has 0 aliphatic carbocycles. The van der Waals surface area contributed by atoms with Crippen LogP contribution in [0.1, 0.15) is 79.8 Å². The molecular weight excluding hydrogens is 524 g/mol. The van der Waals surface area contributed by atoms with Crippen LogP contribution in [0, 0.1) is 0 Å². The molecule has 0 saturated carbocycles. The minimum atomic E-state index is -0.733. The number of nitrogens with zero attached hydrogens (tertiary/aromatic N) is 1. The molecule has 6 heteroatoms. The van der Waals surface area contributed by atoms with Crippen molar-refractivity contribution < 1.29 is 19.8 Å². The zero-order chi connectivity index (χ0) is 30.7. The van der Waals surface area contributed by atoms with Crippen molar-refractivity contribution >= 4 is 33.4 Å². The summed E-state index contributed by atoms with van der Waals surface area (Å²) >= 11 is 0. The first-order chi connectivity index (χ1) is 19.8. The quantitative estimate of drug-likeness (QED) is 0.221. The maximum atomic E-state index is 14.0. The summed E-state index contributed by atoms with van der Waals surface area (Å²) in [6.07, 6.45) is 0.492. The monoisotopic (exact) mass is 568 g/mol. The number of fused-ring (bicyclic) bond motifs is 2.